The number of aliphatic carboxylic acids is 1. The molecule has 3 aromatic heterocycles. The minimum absolute atomic E-state index is 0.168. The van der Waals surface area contributed by atoms with Gasteiger partial charge in [-0.05, 0) is 37.1 Å². The highest BCUT2D eigenvalue weighted by Gasteiger charge is 2.38. The average molecular weight is 423 g/mol. The number of carbonyl (C=O) groups is 1. The molecule has 0 radical (unpaired) electrons. The number of rotatable bonds is 2. The quantitative estimate of drug-likeness (QED) is 0.570. The summed E-state index contributed by atoms with van der Waals surface area (Å²) in [5, 5.41) is 14.6. The summed E-state index contributed by atoms with van der Waals surface area (Å²) in [7, 11) is 0. The topological polar surface area (TPSA) is 134 Å². The number of nitrogens with one attached hydrogen (secondary N) is 2. The first-order valence-corrected chi connectivity index (χ1v) is 8.68. The Labute approximate surface area is 167 Å². The predicted molar refractivity (Wildman–Crippen MR) is 97.4 cm³/mol. The highest BCUT2D eigenvalue weighted by molar-refractivity contribution is 5.73. The molecule has 158 valence electrons. The normalized spacial score (nSPS) is 13.2. The lowest BCUT2D eigenvalue weighted by Crippen LogP contribution is -2.24. The maximum atomic E-state index is 11.1. The molecule has 4 rings (SSSR count). The Morgan fingerprint density at radius 1 is 1.30 bits per heavy atom. The molecule has 0 aromatic carbocycles. The van der Waals surface area contributed by atoms with E-state index < -0.39 is 12.1 Å². The summed E-state index contributed by atoms with van der Waals surface area (Å²) >= 11 is 0. The molecule has 0 saturated carbocycles. The summed E-state index contributed by atoms with van der Waals surface area (Å²) in [6.45, 7) is 3.68. The molecule has 0 bridgehead atoms. The number of carboxylic acid groups (broad SMARTS) is 1. The van der Waals surface area contributed by atoms with Crippen molar-refractivity contribution in [2.75, 3.05) is 6.54 Å². The van der Waals surface area contributed by atoms with E-state index >= 15 is 0 Å². The molecule has 3 N–H and O–H groups in total. The van der Waals surface area contributed by atoms with Crippen molar-refractivity contribution < 1.29 is 27.6 Å². The van der Waals surface area contributed by atoms with E-state index in [2.05, 4.69) is 25.4 Å². The predicted octanol–water partition coefficient (Wildman–Crippen LogP) is 2.07. The van der Waals surface area contributed by atoms with Crippen molar-refractivity contribution in [3.8, 4) is 22.8 Å². The van der Waals surface area contributed by atoms with Crippen molar-refractivity contribution in [2.45, 2.75) is 26.1 Å². The van der Waals surface area contributed by atoms with Gasteiger partial charge in [-0.25, -0.2) is 4.79 Å². The summed E-state index contributed by atoms with van der Waals surface area (Å²) in [6, 6.07) is 3.09. The maximum absolute atomic E-state index is 11.1. The Balaban J connectivity index is 0.000000318. The number of carboxylic acids is 1. The van der Waals surface area contributed by atoms with Crippen molar-refractivity contribution in [3.63, 3.8) is 0 Å². The van der Waals surface area contributed by atoms with E-state index in [0.29, 0.717) is 17.3 Å². The van der Waals surface area contributed by atoms with Crippen molar-refractivity contribution in [3.05, 3.63) is 51.7 Å². The van der Waals surface area contributed by atoms with Crippen LogP contribution in [-0.2, 0) is 17.8 Å². The minimum Gasteiger partial charge on any atom is -0.475 e. The third-order valence-electron chi connectivity index (χ3n) is 4.26. The van der Waals surface area contributed by atoms with Gasteiger partial charge in [0.25, 0.3) is 5.89 Å². The molecule has 0 amide bonds. The molecule has 9 nitrogen and oxygen atoms in total. The SMILES string of the molecule is Cc1ncc2c(c1-c1noc(-c3ccc(=O)[nH]c3)n1)CCNC2.O=C(O)C(F)(F)F. The molecular formula is C18H16F3N5O4. The monoisotopic (exact) mass is 423 g/mol. The van der Waals surface area contributed by atoms with Gasteiger partial charge in [0, 0.05) is 36.3 Å². The Hall–Kier alpha value is -3.54. The molecule has 1 aliphatic heterocycles. The smallest absolute Gasteiger partial charge is 0.475 e. The lowest BCUT2D eigenvalue weighted by atomic mass is 9.95. The van der Waals surface area contributed by atoms with Crippen molar-refractivity contribution in [1.29, 1.82) is 0 Å². The highest BCUT2D eigenvalue weighted by atomic mass is 19.4. The molecule has 0 unspecified atom stereocenters. The Kier molecular flexibility index (Phi) is 5.96. The van der Waals surface area contributed by atoms with E-state index in [1.165, 1.54) is 17.2 Å². The minimum atomic E-state index is -5.08. The number of alkyl halides is 3. The van der Waals surface area contributed by atoms with Gasteiger partial charge in [0.2, 0.25) is 11.4 Å². The van der Waals surface area contributed by atoms with Crippen LogP contribution in [0.25, 0.3) is 22.8 Å². The van der Waals surface area contributed by atoms with Crippen LogP contribution in [0.3, 0.4) is 0 Å². The number of aromatic amines is 1. The Bertz CT molecular complexity index is 1100. The van der Waals surface area contributed by atoms with Crippen LogP contribution in [0.2, 0.25) is 0 Å². The molecule has 4 heterocycles. The first kappa shape index (κ1) is 21.2. The van der Waals surface area contributed by atoms with Gasteiger partial charge in [0.05, 0.1) is 5.56 Å². The second kappa shape index (κ2) is 8.45. The van der Waals surface area contributed by atoms with Crippen molar-refractivity contribution in [2.24, 2.45) is 0 Å². The zero-order valence-electron chi connectivity index (χ0n) is 15.6. The molecule has 30 heavy (non-hydrogen) atoms. The number of hydrogen-bond acceptors (Lipinski definition) is 7. The number of aryl methyl sites for hydroxylation is 1. The van der Waals surface area contributed by atoms with Crippen LogP contribution in [0.1, 0.15) is 16.8 Å². The molecule has 0 spiro atoms. The van der Waals surface area contributed by atoms with Crippen molar-refractivity contribution in [1.82, 2.24) is 25.4 Å². The van der Waals surface area contributed by atoms with E-state index in [4.69, 9.17) is 14.4 Å². The van der Waals surface area contributed by atoms with Crippen LogP contribution in [0.5, 0.6) is 0 Å². The van der Waals surface area contributed by atoms with Crippen LogP contribution in [0.4, 0.5) is 13.2 Å². The van der Waals surface area contributed by atoms with Gasteiger partial charge in [-0.2, -0.15) is 18.2 Å². The lowest BCUT2D eigenvalue weighted by molar-refractivity contribution is -0.192. The zero-order valence-corrected chi connectivity index (χ0v) is 15.6. The third-order valence-corrected chi connectivity index (χ3v) is 4.26. The molecule has 3 aromatic rings. The first-order chi connectivity index (χ1) is 14.2. The van der Waals surface area contributed by atoms with Gasteiger partial charge in [-0.3, -0.25) is 9.78 Å². The van der Waals surface area contributed by atoms with Crippen molar-refractivity contribution >= 4 is 5.97 Å². The Morgan fingerprint density at radius 3 is 2.67 bits per heavy atom. The second-order valence-electron chi connectivity index (χ2n) is 6.32. The number of hydrogen-bond donors (Lipinski definition) is 3. The van der Waals surface area contributed by atoms with Crippen LogP contribution in [0.15, 0.2) is 33.8 Å². The van der Waals surface area contributed by atoms with Gasteiger partial charge in [0.1, 0.15) is 0 Å². The Morgan fingerprint density at radius 2 is 2.03 bits per heavy atom. The average Bonchev–Trinajstić information content (AvgIpc) is 3.18. The molecule has 0 atom stereocenters. The fraction of sp³-hybridized carbons (Fsp3) is 0.278. The molecule has 0 saturated heterocycles. The molecule has 0 fully saturated rings. The van der Waals surface area contributed by atoms with E-state index in [-0.39, 0.29) is 5.56 Å². The number of aromatic nitrogens is 4. The first-order valence-electron chi connectivity index (χ1n) is 8.68. The standard InChI is InChI=1S/C16H15N5O2.C2HF3O2/c1-9-14(12-4-5-17-6-11(12)8-18-9)15-20-16(23-21-15)10-2-3-13(22)19-7-10;3-2(4,5)1(6)7/h2-3,7-8,17H,4-6H2,1H3,(H,19,22);(H,6,7). The van der Waals surface area contributed by atoms with Crippen LogP contribution in [-0.4, -0.2) is 43.9 Å². The maximum Gasteiger partial charge on any atom is 0.490 e. The van der Waals surface area contributed by atoms with Crippen LogP contribution in [0, 0.1) is 6.92 Å². The van der Waals surface area contributed by atoms with Crippen LogP contribution >= 0.6 is 0 Å². The summed E-state index contributed by atoms with van der Waals surface area (Å²) in [6.07, 6.45) is -0.699. The van der Waals surface area contributed by atoms with E-state index in [1.807, 2.05) is 13.1 Å². The highest BCUT2D eigenvalue weighted by Crippen LogP contribution is 2.30. The molecular weight excluding hydrogens is 407 g/mol. The van der Waals surface area contributed by atoms with Gasteiger partial charge in [0.15, 0.2) is 0 Å². The summed E-state index contributed by atoms with van der Waals surface area (Å²) in [5.41, 5.74) is 4.75. The number of pyridine rings is 2. The number of nitrogens with zero attached hydrogens (tertiary/aromatic N) is 3. The summed E-state index contributed by atoms with van der Waals surface area (Å²) < 4.78 is 37.1. The zero-order chi connectivity index (χ0) is 21.9. The van der Waals surface area contributed by atoms with Gasteiger partial charge in [-0.1, -0.05) is 5.16 Å². The largest absolute Gasteiger partial charge is 0.490 e. The van der Waals surface area contributed by atoms with E-state index in [0.717, 1.165) is 30.8 Å². The van der Waals surface area contributed by atoms with Gasteiger partial charge < -0.3 is 19.9 Å². The molecule has 12 heteroatoms. The van der Waals surface area contributed by atoms with Gasteiger partial charge in [-0.15, -0.1) is 0 Å². The lowest BCUT2D eigenvalue weighted by Gasteiger charge is -2.19. The molecule has 1 aliphatic rings. The fourth-order valence-electron chi connectivity index (χ4n) is 2.85. The fourth-order valence-corrected chi connectivity index (χ4v) is 2.85. The van der Waals surface area contributed by atoms with Gasteiger partial charge >= 0.3 is 12.1 Å². The summed E-state index contributed by atoms with van der Waals surface area (Å²) in [4.78, 5) is 31.6. The number of fused-ring (bicyclic) bond motifs is 1. The number of H-pyrrole nitrogens is 1. The second-order valence-corrected chi connectivity index (χ2v) is 6.32. The van der Waals surface area contributed by atoms with Crippen LogP contribution < -0.4 is 10.9 Å². The number of halogens is 3. The van der Waals surface area contributed by atoms with E-state index in [1.54, 1.807) is 12.3 Å². The summed E-state index contributed by atoms with van der Waals surface area (Å²) in [5.74, 6) is -1.84. The third kappa shape index (κ3) is 4.71. The molecule has 0 aliphatic carbocycles. The van der Waals surface area contributed by atoms with E-state index in [9.17, 15) is 18.0 Å².